The van der Waals surface area contributed by atoms with Gasteiger partial charge in [0.15, 0.2) is 0 Å². The smallest absolute Gasteiger partial charge is 0.250 e. The molecule has 0 saturated carbocycles. The van der Waals surface area contributed by atoms with Crippen LogP contribution >= 0.6 is 0 Å². The SMILES string of the molecule is COc1cc(CCO)cc(NC(C(=O)N2CCCCC2c2cnoc2C)c2ccccc2F)c1. The Bertz CT molecular complexity index is 1130. The van der Waals surface area contributed by atoms with Crippen molar-refractivity contribution in [3.8, 4) is 5.75 Å². The molecule has 2 N–H and O–H groups in total. The number of piperidine rings is 1. The maximum absolute atomic E-state index is 15.0. The van der Waals surface area contributed by atoms with Gasteiger partial charge in [-0.15, -0.1) is 0 Å². The molecule has 0 spiro atoms. The quantitative estimate of drug-likeness (QED) is 0.505. The number of aromatic nitrogens is 1. The minimum absolute atomic E-state index is 0.0180. The highest BCUT2D eigenvalue weighted by molar-refractivity contribution is 5.87. The fraction of sp³-hybridized carbons (Fsp3) is 0.385. The molecule has 180 valence electrons. The molecule has 0 radical (unpaired) electrons. The van der Waals surface area contributed by atoms with Crippen LogP contribution in [0.2, 0.25) is 0 Å². The first kappa shape index (κ1) is 23.8. The number of amides is 1. The summed E-state index contributed by atoms with van der Waals surface area (Å²) in [4.78, 5) is 15.8. The molecule has 2 atom stereocenters. The summed E-state index contributed by atoms with van der Waals surface area (Å²) in [5.41, 5.74) is 2.61. The van der Waals surface area contributed by atoms with Crippen LogP contribution in [0.5, 0.6) is 5.75 Å². The van der Waals surface area contributed by atoms with Crippen molar-refractivity contribution in [1.82, 2.24) is 10.1 Å². The average molecular weight is 468 g/mol. The van der Waals surface area contributed by atoms with E-state index < -0.39 is 11.9 Å². The van der Waals surface area contributed by atoms with Crippen molar-refractivity contribution in [3.63, 3.8) is 0 Å². The maximum Gasteiger partial charge on any atom is 0.250 e. The van der Waals surface area contributed by atoms with Crippen molar-refractivity contribution in [2.45, 2.75) is 44.7 Å². The van der Waals surface area contributed by atoms with Gasteiger partial charge in [0.05, 0.1) is 19.3 Å². The van der Waals surface area contributed by atoms with Gasteiger partial charge < -0.3 is 24.6 Å². The summed E-state index contributed by atoms with van der Waals surface area (Å²) < 4.78 is 25.6. The number of methoxy groups -OCH3 is 1. The zero-order valence-corrected chi connectivity index (χ0v) is 19.5. The van der Waals surface area contributed by atoms with E-state index in [0.29, 0.717) is 30.2 Å². The molecule has 2 unspecified atom stereocenters. The Morgan fingerprint density at radius 1 is 1.32 bits per heavy atom. The average Bonchev–Trinajstić information content (AvgIpc) is 3.28. The molecule has 1 aliphatic rings. The number of nitrogens with one attached hydrogen (secondary N) is 1. The van der Waals surface area contributed by atoms with Gasteiger partial charge in [-0.1, -0.05) is 23.4 Å². The maximum atomic E-state index is 15.0. The van der Waals surface area contributed by atoms with E-state index in [2.05, 4.69) is 10.5 Å². The molecular weight excluding hydrogens is 437 g/mol. The van der Waals surface area contributed by atoms with Crippen molar-refractivity contribution >= 4 is 11.6 Å². The number of halogens is 1. The number of hydrogen-bond acceptors (Lipinski definition) is 6. The predicted octanol–water partition coefficient (Wildman–Crippen LogP) is 4.57. The summed E-state index contributed by atoms with van der Waals surface area (Å²) in [5.74, 6) is 0.592. The lowest BCUT2D eigenvalue weighted by Gasteiger charge is -2.38. The van der Waals surface area contributed by atoms with Crippen molar-refractivity contribution < 1.29 is 23.6 Å². The third-order valence-electron chi connectivity index (χ3n) is 6.31. The van der Waals surface area contributed by atoms with E-state index in [1.54, 1.807) is 37.6 Å². The molecule has 4 rings (SSSR count). The summed E-state index contributed by atoms with van der Waals surface area (Å²) in [7, 11) is 1.56. The van der Waals surface area contributed by atoms with Crippen LogP contribution in [0, 0.1) is 12.7 Å². The molecule has 7 nitrogen and oxygen atoms in total. The second-order valence-corrected chi connectivity index (χ2v) is 8.52. The van der Waals surface area contributed by atoms with Gasteiger partial charge in [0.2, 0.25) is 5.91 Å². The highest BCUT2D eigenvalue weighted by atomic mass is 19.1. The summed E-state index contributed by atoms with van der Waals surface area (Å²) >= 11 is 0. The monoisotopic (exact) mass is 467 g/mol. The number of rotatable bonds is 8. The third-order valence-corrected chi connectivity index (χ3v) is 6.31. The lowest BCUT2D eigenvalue weighted by Crippen LogP contribution is -2.43. The second-order valence-electron chi connectivity index (χ2n) is 8.52. The van der Waals surface area contributed by atoms with Crippen LogP contribution in [0.3, 0.4) is 0 Å². The van der Waals surface area contributed by atoms with E-state index in [0.717, 1.165) is 30.4 Å². The largest absolute Gasteiger partial charge is 0.497 e. The van der Waals surface area contributed by atoms with Crippen molar-refractivity contribution in [1.29, 1.82) is 0 Å². The molecule has 2 heterocycles. The van der Waals surface area contributed by atoms with Crippen LogP contribution in [-0.2, 0) is 11.2 Å². The Hall–Kier alpha value is -3.39. The van der Waals surface area contributed by atoms with E-state index in [1.165, 1.54) is 6.07 Å². The lowest BCUT2D eigenvalue weighted by atomic mass is 9.94. The van der Waals surface area contributed by atoms with E-state index in [4.69, 9.17) is 9.26 Å². The number of carbonyl (C=O) groups is 1. The number of nitrogens with zero attached hydrogens (tertiary/aromatic N) is 2. The van der Waals surface area contributed by atoms with Crippen LogP contribution in [0.4, 0.5) is 10.1 Å². The minimum atomic E-state index is -0.948. The van der Waals surface area contributed by atoms with Gasteiger partial charge in [0.1, 0.15) is 23.4 Å². The molecule has 1 saturated heterocycles. The number of ether oxygens (including phenoxy) is 1. The summed E-state index contributed by atoms with van der Waals surface area (Å²) in [6, 6.07) is 10.6. The standard InChI is InChI=1S/C26H30FN3O4/c1-17-22(16-28-34-17)24-9-5-6-11-30(24)26(32)25(21-7-3-4-8-23(21)27)29-19-13-18(10-12-31)14-20(15-19)33-2/h3-4,7-8,13-16,24-25,29,31H,5-6,9-12H2,1-2H3. The number of likely N-dealkylation sites (tertiary alicyclic amines) is 1. The van der Waals surface area contributed by atoms with E-state index in [9.17, 15) is 14.3 Å². The molecule has 2 aromatic carbocycles. The highest BCUT2D eigenvalue weighted by Crippen LogP contribution is 2.36. The first-order valence-electron chi connectivity index (χ1n) is 11.5. The van der Waals surface area contributed by atoms with Gasteiger partial charge >= 0.3 is 0 Å². The number of hydrogen-bond donors (Lipinski definition) is 2. The predicted molar refractivity (Wildman–Crippen MR) is 126 cm³/mol. The summed E-state index contributed by atoms with van der Waals surface area (Å²) in [6.07, 6.45) is 4.75. The first-order chi connectivity index (χ1) is 16.5. The van der Waals surface area contributed by atoms with Gasteiger partial charge in [-0.25, -0.2) is 4.39 Å². The first-order valence-corrected chi connectivity index (χ1v) is 11.5. The van der Waals surface area contributed by atoms with E-state index in [1.807, 2.05) is 24.0 Å². The fourth-order valence-corrected chi connectivity index (χ4v) is 4.59. The Morgan fingerprint density at radius 3 is 2.85 bits per heavy atom. The zero-order valence-electron chi connectivity index (χ0n) is 19.5. The van der Waals surface area contributed by atoms with Crippen molar-refractivity contribution in [3.05, 3.63) is 76.9 Å². The van der Waals surface area contributed by atoms with Crippen LogP contribution in [-0.4, -0.2) is 41.3 Å². The molecule has 3 aromatic rings. The van der Waals surface area contributed by atoms with Crippen LogP contribution < -0.4 is 10.1 Å². The van der Waals surface area contributed by atoms with Crippen LogP contribution in [0.15, 0.2) is 53.2 Å². The molecule has 1 aromatic heterocycles. The van der Waals surface area contributed by atoms with Gasteiger partial charge in [-0.05, 0) is 56.4 Å². The Balaban J connectivity index is 1.72. The van der Waals surface area contributed by atoms with E-state index >= 15 is 0 Å². The van der Waals surface area contributed by atoms with Crippen LogP contribution in [0.1, 0.15) is 53.8 Å². The molecule has 1 aliphatic heterocycles. The fourth-order valence-electron chi connectivity index (χ4n) is 4.59. The number of aliphatic hydroxyl groups is 1. The molecule has 8 heteroatoms. The van der Waals surface area contributed by atoms with Gasteiger partial charge in [0, 0.05) is 36.0 Å². The molecule has 34 heavy (non-hydrogen) atoms. The van der Waals surface area contributed by atoms with Gasteiger partial charge in [-0.3, -0.25) is 4.79 Å². The van der Waals surface area contributed by atoms with Crippen LogP contribution in [0.25, 0.3) is 0 Å². The second kappa shape index (κ2) is 10.7. The van der Waals surface area contributed by atoms with Crippen molar-refractivity contribution in [2.75, 3.05) is 25.6 Å². The minimum Gasteiger partial charge on any atom is -0.497 e. The molecule has 0 bridgehead atoms. The molecule has 0 aliphatic carbocycles. The number of aliphatic hydroxyl groups excluding tert-OH is 1. The summed E-state index contributed by atoms with van der Waals surface area (Å²) in [6.45, 7) is 2.38. The normalized spacial score (nSPS) is 16.8. The van der Waals surface area contributed by atoms with Gasteiger partial charge in [0.25, 0.3) is 0 Å². The molecular formula is C26H30FN3O4. The molecule has 1 fully saturated rings. The summed E-state index contributed by atoms with van der Waals surface area (Å²) in [5, 5.41) is 16.5. The zero-order chi connectivity index (χ0) is 24.1. The Morgan fingerprint density at radius 2 is 2.15 bits per heavy atom. The number of anilines is 1. The third kappa shape index (κ3) is 5.07. The lowest BCUT2D eigenvalue weighted by molar-refractivity contribution is -0.136. The number of aryl methyl sites for hydroxylation is 1. The Kier molecular flexibility index (Phi) is 7.47. The highest BCUT2D eigenvalue weighted by Gasteiger charge is 2.36. The van der Waals surface area contributed by atoms with E-state index in [-0.39, 0.29) is 24.1 Å². The molecule has 1 amide bonds. The van der Waals surface area contributed by atoms with Gasteiger partial charge in [-0.2, -0.15) is 0 Å². The Labute approximate surface area is 198 Å². The topological polar surface area (TPSA) is 87.8 Å². The number of benzene rings is 2. The number of carbonyl (C=O) groups excluding carboxylic acids is 1. The van der Waals surface area contributed by atoms with Crippen molar-refractivity contribution in [2.24, 2.45) is 0 Å².